The second-order valence-electron chi connectivity index (χ2n) is 6.43. The molecule has 0 atom stereocenters. The predicted octanol–water partition coefficient (Wildman–Crippen LogP) is 3.37. The molecule has 4 rings (SSSR count). The van der Waals surface area contributed by atoms with Crippen molar-refractivity contribution in [2.75, 3.05) is 28.6 Å². The topological polar surface area (TPSA) is 96.2 Å². The van der Waals surface area contributed by atoms with Crippen LogP contribution in [0, 0.1) is 6.92 Å². The number of aryl methyl sites for hydroxylation is 1. The molecule has 2 aromatic heterocycles. The Bertz CT molecular complexity index is 914. The van der Waals surface area contributed by atoms with Gasteiger partial charge in [-0.2, -0.15) is 0 Å². The Labute approximate surface area is 156 Å². The Morgan fingerprint density at radius 3 is 2.48 bits per heavy atom. The van der Waals surface area contributed by atoms with Crippen LogP contribution < -0.4 is 15.5 Å². The van der Waals surface area contributed by atoms with Gasteiger partial charge in [-0.1, -0.05) is 5.16 Å². The summed E-state index contributed by atoms with van der Waals surface area (Å²) >= 11 is 0. The fraction of sp³-hybridized carbons (Fsp3) is 0.263. The van der Waals surface area contributed by atoms with E-state index in [2.05, 4.69) is 42.8 Å². The van der Waals surface area contributed by atoms with Gasteiger partial charge in [0.15, 0.2) is 5.82 Å². The third-order valence-electron chi connectivity index (χ3n) is 4.36. The molecular weight excluding hydrogens is 344 g/mol. The van der Waals surface area contributed by atoms with Crippen molar-refractivity contribution in [1.29, 1.82) is 0 Å². The molecule has 1 amide bonds. The third-order valence-corrected chi connectivity index (χ3v) is 4.36. The van der Waals surface area contributed by atoms with Crippen LogP contribution in [0.15, 0.2) is 47.2 Å². The van der Waals surface area contributed by atoms with Crippen molar-refractivity contribution in [2.24, 2.45) is 0 Å². The highest BCUT2D eigenvalue weighted by molar-refractivity contribution is 6.02. The number of rotatable bonds is 5. The maximum Gasteiger partial charge on any atom is 0.277 e. The lowest BCUT2D eigenvalue weighted by Gasteiger charge is -2.17. The number of anilines is 4. The number of hydrogen-bond donors (Lipinski definition) is 2. The average Bonchev–Trinajstić information content (AvgIpc) is 3.35. The summed E-state index contributed by atoms with van der Waals surface area (Å²) in [6.07, 6.45) is 5.46. The molecule has 27 heavy (non-hydrogen) atoms. The first-order chi connectivity index (χ1) is 13.2. The molecule has 1 fully saturated rings. The molecule has 0 spiro atoms. The Morgan fingerprint density at radius 2 is 1.85 bits per heavy atom. The third kappa shape index (κ3) is 4.05. The normalized spacial score (nSPS) is 13.6. The van der Waals surface area contributed by atoms with Crippen molar-refractivity contribution >= 4 is 28.9 Å². The minimum Gasteiger partial charge on any atom is -0.372 e. The summed E-state index contributed by atoms with van der Waals surface area (Å²) in [5.74, 6) is 1.14. The van der Waals surface area contributed by atoms with Crippen LogP contribution >= 0.6 is 0 Å². The summed E-state index contributed by atoms with van der Waals surface area (Å²) in [6, 6.07) is 9.87. The van der Waals surface area contributed by atoms with Crippen molar-refractivity contribution in [3.8, 4) is 0 Å². The smallest absolute Gasteiger partial charge is 0.277 e. The highest BCUT2D eigenvalue weighted by Gasteiger charge is 2.13. The van der Waals surface area contributed by atoms with Crippen LogP contribution in [-0.2, 0) is 0 Å². The van der Waals surface area contributed by atoms with E-state index in [0.717, 1.165) is 18.8 Å². The summed E-state index contributed by atoms with van der Waals surface area (Å²) in [7, 11) is 0. The fourth-order valence-electron chi connectivity index (χ4n) is 2.99. The lowest BCUT2D eigenvalue weighted by atomic mass is 10.2. The number of hydrogen-bond acceptors (Lipinski definition) is 7. The first-order valence-electron chi connectivity index (χ1n) is 8.86. The molecule has 138 valence electrons. The maximum absolute atomic E-state index is 12.1. The van der Waals surface area contributed by atoms with Crippen LogP contribution in [0.3, 0.4) is 0 Å². The van der Waals surface area contributed by atoms with Crippen LogP contribution in [0.2, 0.25) is 0 Å². The van der Waals surface area contributed by atoms with E-state index in [1.54, 1.807) is 13.0 Å². The summed E-state index contributed by atoms with van der Waals surface area (Å²) < 4.78 is 4.91. The van der Waals surface area contributed by atoms with Gasteiger partial charge in [0.05, 0.1) is 12.4 Å². The quantitative estimate of drug-likeness (QED) is 0.716. The molecule has 8 heteroatoms. The van der Waals surface area contributed by atoms with Gasteiger partial charge in [0, 0.05) is 30.5 Å². The lowest BCUT2D eigenvalue weighted by molar-refractivity contribution is 0.102. The predicted molar refractivity (Wildman–Crippen MR) is 102 cm³/mol. The molecule has 0 radical (unpaired) electrons. The number of amides is 1. The van der Waals surface area contributed by atoms with Crippen molar-refractivity contribution in [3.63, 3.8) is 0 Å². The van der Waals surface area contributed by atoms with Gasteiger partial charge >= 0.3 is 0 Å². The molecule has 0 unspecified atom stereocenters. The minimum absolute atomic E-state index is 0.200. The van der Waals surface area contributed by atoms with Crippen LogP contribution in [0.4, 0.5) is 23.0 Å². The minimum atomic E-state index is -0.391. The Kier molecular flexibility index (Phi) is 4.69. The second kappa shape index (κ2) is 7.45. The summed E-state index contributed by atoms with van der Waals surface area (Å²) in [6.45, 7) is 3.99. The lowest BCUT2D eigenvalue weighted by Crippen LogP contribution is -2.17. The van der Waals surface area contributed by atoms with E-state index in [1.165, 1.54) is 30.9 Å². The standard InChI is InChI=1S/C19H20N6O2/c1-13-10-17(24-27-13)23-19(26)16-11-21-18(12-20-16)22-14-4-6-15(7-5-14)25-8-2-3-9-25/h4-7,10-12H,2-3,8-9H2,1H3,(H,21,22)(H,23,24,26). The molecule has 0 bridgehead atoms. The zero-order chi connectivity index (χ0) is 18.6. The van der Waals surface area contributed by atoms with Crippen LogP contribution in [0.1, 0.15) is 29.1 Å². The first kappa shape index (κ1) is 17.0. The molecule has 0 aliphatic carbocycles. The molecule has 3 aromatic rings. The zero-order valence-corrected chi connectivity index (χ0v) is 15.0. The monoisotopic (exact) mass is 364 g/mol. The molecule has 1 saturated heterocycles. The van der Waals surface area contributed by atoms with Gasteiger partial charge in [0.25, 0.3) is 5.91 Å². The van der Waals surface area contributed by atoms with Gasteiger partial charge in [0.1, 0.15) is 17.3 Å². The average molecular weight is 364 g/mol. The van der Waals surface area contributed by atoms with Crippen LogP contribution in [0.5, 0.6) is 0 Å². The van der Waals surface area contributed by atoms with Gasteiger partial charge in [-0.3, -0.25) is 4.79 Å². The molecule has 8 nitrogen and oxygen atoms in total. The largest absolute Gasteiger partial charge is 0.372 e. The van der Waals surface area contributed by atoms with Gasteiger partial charge in [-0.25, -0.2) is 9.97 Å². The number of aromatic nitrogens is 3. The number of carbonyl (C=O) groups is 1. The van der Waals surface area contributed by atoms with Crippen molar-refractivity contribution in [2.45, 2.75) is 19.8 Å². The highest BCUT2D eigenvalue weighted by atomic mass is 16.5. The van der Waals surface area contributed by atoms with Gasteiger partial charge in [-0.05, 0) is 44.0 Å². The van der Waals surface area contributed by atoms with Gasteiger partial charge in [-0.15, -0.1) is 0 Å². The molecule has 1 aliphatic rings. The number of nitrogens with one attached hydrogen (secondary N) is 2. The van der Waals surface area contributed by atoms with E-state index in [9.17, 15) is 4.79 Å². The number of carbonyl (C=O) groups excluding carboxylic acids is 1. The second-order valence-corrected chi connectivity index (χ2v) is 6.43. The molecule has 2 N–H and O–H groups in total. The number of benzene rings is 1. The van der Waals surface area contributed by atoms with Crippen molar-refractivity contribution in [1.82, 2.24) is 15.1 Å². The first-order valence-corrected chi connectivity index (χ1v) is 8.86. The zero-order valence-electron chi connectivity index (χ0n) is 15.0. The molecule has 0 saturated carbocycles. The summed E-state index contributed by atoms with van der Waals surface area (Å²) in [5, 5.41) is 9.52. The Hall–Kier alpha value is -3.42. The molecule has 3 heterocycles. The van der Waals surface area contributed by atoms with E-state index in [0.29, 0.717) is 17.4 Å². The Balaban J connectivity index is 1.37. The maximum atomic E-state index is 12.1. The van der Waals surface area contributed by atoms with Crippen LogP contribution in [-0.4, -0.2) is 34.1 Å². The molecule has 1 aliphatic heterocycles. The van der Waals surface area contributed by atoms with Crippen molar-refractivity contribution < 1.29 is 9.32 Å². The SMILES string of the molecule is Cc1cc(NC(=O)c2cnc(Nc3ccc(N4CCCC4)cc3)cn2)no1. The fourth-order valence-corrected chi connectivity index (χ4v) is 2.99. The van der Waals surface area contributed by atoms with E-state index in [1.807, 2.05) is 12.1 Å². The summed E-state index contributed by atoms with van der Waals surface area (Å²) in [4.78, 5) is 22.9. The number of nitrogens with zero attached hydrogens (tertiary/aromatic N) is 4. The van der Waals surface area contributed by atoms with E-state index in [-0.39, 0.29) is 5.69 Å². The van der Waals surface area contributed by atoms with E-state index >= 15 is 0 Å². The van der Waals surface area contributed by atoms with E-state index < -0.39 is 5.91 Å². The van der Waals surface area contributed by atoms with Gasteiger partial charge < -0.3 is 20.1 Å². The summed E-state index contributed by atoms with van der Waals surface area (Å²) in [5.41, 5.74) is 2.35. The highest BCUT2D eigenvalue weighted by Crippen LogP contribution is 2.23. The van der Waals surface area contributed by atoms with Crippen LogP contribution in [0.25, 0.3) is 0 Å². The van der Waals surface area contributed by atoms with Crippen molar-refractivity contribution in [3.05, 3.63) is 54.2 Å². The Morgan fingerprint density at radius 1 is 1.07 bits per heavy atom. The van der Waals surface area contributed by atoms with Gasteiger partial charge in [0.2, 0.25) is 0 Å². The molecule has 1 aromatic carbocycles. The van der Waals surface area contributed by atoms with E-state index in [4.69, 9.17) is 4.52 Å². The molecular formula is C19H20N6O2.